The number of hydrogen-bond acceptors (Lipinski definition) is 2. The van der Waals surface area contributed by atoms with Crippen LogP contribution in [0.5, 0.6) is 0 Å². The van der Waals surface area contributed by atoms with E-state index in [4.69, 9.17) is 9.15 Å². The van der Waals surface area contributed by atoms with E-state index in [9.17, 15) is 0 Å². The molecule has 0 N–H and O–H groups in total. The van der Waals surface area contributed by atoms with Crippen LogP contribution in [-0.2, 0) is 19.3 Å². The summed E-state index contributed by atoms with van der Waals surface area (Å²) < 4.78 is 10.6. The Hall–Kier alpha value is -1.18. The van der Waals surface area contributed by atoms with Gasteiger partial charge in [-0.15, -0.1) is 0 Å². The molecule has 0 aliphatic carbocycles. The third-order valence-electron chi connectivity index (χ3n) is 4.85. The summed E-state index contributed by atoms with van der Waals surface area (Å²) in [6.07, 6.45) is 15.2. The van der Waals surface area contributed by atoms with E-state index < -0.39 is 0 Å². The number of benzene rings is 1. The molecule has 0 amide bonds. The van der Waals surface area contributed by atoms with Gasteiger partial charge in [0.05, 0.1) is 0 Å². The van der Waals surface area contributed by atoms with Gasteiger partial charge < -0.3 is 0 Å². The molecule has 2 rings (SSSR count). The van der Waals surface area contributed by atoms with E-state index in [1.165, 1.54) is 75.3 Å². The minimum atomic E-state index is 0.969. The van der Waals surface area contributed by atoms with Crippen LogP contribution in [0.1, 0.15) is 95.2 Å². The number of hydrogen-bond donors (Lipinski definition) is 0. The zero-order valence-corrected chi connectivity index (χ0v) is 15.4. The molecule has 0 unspecified atom stereocenters. The highest BCUT2D eigenvalue weighted by molar-refractivity contribution is 5.78. The van der Waals surface area contributed by atoms with E-state index in [1.54, 1.807) is 5.56 Å². The molecule has 2 nitrogen and oxygen atoms in total. The van der Waals surface area contributed by atoms with Crippen LogP contribution in [0, 0.1) is 0 Å². The fourth-order valence-corrected chi connectivity index (χ4v) is 3.52. The summed E-state index contributed by atoms with van der Waals surface area (Å²) in [7, 11) is 0. The third-order valence-corrected chi connectivity index (χ3v) is 4.85. The molecule has 0 aliphatic heterocycles. The van der Waals surface area contributed by atoms with Crippen molar-refractivity contribution in [3.05, 3.63) is 22.8 Å². The molecule has 1 aromatic heterocycles. The molecular formula is C21H34O2. The quantitative estimate of drug-likeness (QED) is 0.305. The average molecular weight is 319 g/mol. The second kappa shape index (κ2) is 9.85. The topological polar surface area (TPSA) is 26.3 Å². The highest BCUT2D eigenvalue weighted by Gasteiger charge is 2.19. The minimum Gasteiger partial charge on any atom is -0.286 e. The van der Waals surface area contributed by atoms with Crippen molar-refractivity contribution in [2.75, 3.05) is 0 Å². The molecule has 2 aromatic rings. The van der Waals surface area contributed by atoms with E-state index in [0.717, 1.165) is 24.0 Å². The number of aryl methyl sites for hydroxylation is 2. The summed E-state index contributed by atoms with van der Waals surface area (Å²) in [5.74, 6) is 0. The first kappa shape index (κ1) is 18.2. The van der Waals surface area contributed by atoms with E-state index in [0.29, 0.717) is 0 Å². The van der Waals surface area contributed by atoms with Gasteiger partial charge in [-0.2, -0.15) is 0 Å². The van der Waals surface area contributed by atoms with Crippen LogP contribution >= 0.6 is 0 Å². The van der Waals surface area contributed by atoms with Gasteiger partial charge in [0.15, 0.2) is 0 Å². The Bertz CT molecular complexity index is 562. The van der Waals surface area contributed by atoms with Gasteiger partial charge in [0.2, 0.25) is 11.2 Å². The molecule has 0 bridgehead atoms. The van der Waals surface area contributed by atoms with Crippen LogP contribution in [-0.4, -0.2) is 0 Å². The first-order chi connectivity index (χ1) is 11.3. The number of unbranched alkanes of at least 4 members (excludes halogenated alkanes) is 6. The van der Waals surface area contributed by atoms with Gasteiger partial charge in [-0.05, 0) is 49.3 Å². The van der Waals surface area contributed by atoms with Crippen LogP contribution in [0.4, 0.5) is 0 Å². The predicted molar refractivity (Wildman–Crippen MR) is 98.2 cm³/mol. The Morgan fingerprint density at radius 2 is 1.30 bits per heavy atom. The molecule has 0 saturated heterocycles. The maximum atomic E-state index is 5.37. The first-order valence-electron chi connectivity index (χ1n) is 9.83. The lowest BCUT2D eigenvalue weighted by atomic mass is 9.90. The predicted octanol–water partition coefficient (Wildman–Crippen LogP) is 7.22. The molecule has 0 spiro atoms. The van der Waals surface area contributed by atoms with Gasteiger partial charge in [-0.25, -0.2) is 0 Å². The van der Waals surface area contributed by atoms with E-state index in [1.807, 2.05) is 0 Å². The van der Waals surface area contributed by atoms with Crippen molar-refractivity contribution in [3.8, 4) is 0 Å². The molecule has 0 aliphatic rings. The monoisotopic (exact) mass is 318 g/mol. The highest BCUT2D eigenvalue weighted by atomic mass is 17.0. The van der Waals surface area contributed by atoms with Crippen molar-refractivity contribution in [1.29, 1.82) is 0 Å². The Morgan fingerprint density at radius 3 is 1.83 bits per heavy atom. The van der Waals surface area contributed by atoms with Crippen molar-refractivity contribution >= 4 is 11.2 Å². The van der Waals surface area contributed by atoms with Gasteiger partial charge in [0, 0.05) is 5.56 Å². The lowest BCUT2D eigenvalue weighted by Gasteiger charge is -2.17. The molecule has 23 heavy (non-hydrogen) atoms. The van der Waals surface area contributed by atoms with Crippen LogP contribution in [0.3, 0.4) is 0 Å². The first-order valence-corrected chi connectivity index (χ1v) is 9.83. The zero-order chi connectivity index (χ0) is 16.5. The highest BCUT2D eigenvalue weighted by Crippen LogP contribution is 2.32. The molecule has 1 aromatic carbocycles. The molecule has 0 saturated carbocycles. The smallest absolute Gasteiger partial charge is 0.229 e. The Labute approximate surface area is 141 Å². The number of rotatable bonds is 12. The van der Waals surface area contributed by atoms with E-state index in [2.05, 4.69) is 26.8 Å². The van der Waals surface area contributed by atoms with Crippen LogP contribution in [0.2, 0.25) is 0 Å². The van der Waals surface area contributed by atoms with E-state index in [-0.39, 0.29) is 0 Å². The molecule has 130 valence electrons. The largest absolute Gasteiger partial charge is 0.286 e. The fraction of sp³-hybridized carbons (Fsp3) is 0.714. The van der Waals surface area contributed by atoms with Gasteiger partial charge >= 0.3 is 0 Å². The molecule has 0 fully saturated rings. The molecule has 2 heteroatoms. The van der Waals surface area contributed by atoms with Crippen LogP contribution < -0.4 is 0 Å². The normalized spacial score (nSPS) is 11.6. The van der Waals surface area contributed by atoms with Crippen molar-refractivity contribution in [3.63, 3.8) is 0 Å². The van der Waals surface area contributed by atoms with Crippen molar-refractivity contribution in [1.82, 2.24) is 0 Å². The molecular weight excluding hydrogens is 284 g/mol. The zero-order valence-electron chi connectivity index (χ0n) is 15.4. The summed E-state index contributed by atoms with van der Waals surface area (Å²) in [6.45, 7) is 6.81. The standard InChI is InChI=1S/C21H34O2/c1-4-7-9-11-14-18-17(13-6-3)16-20-21(23-22-20)19(18)15-12-10-8-5-2/h16H,4-15H2,1-3H3. The Morgan fingerprint density at radius 1 is 0.652 bits per heavy atom. The summed E-state index contributed by atoms with van der Waals surface area (Å²) >= 11 is 0. The lowest BCUT2D eigenvalue weighted by Crippen LogP contribution is -2.04. The lowest BCUT2D eigenvalue weighted by molar-refractivity contribution is 0.0578. The maximum absolute atomic E-state index is 5.37. The molecule has 1 heterocycles. The molecule has 0 radical (unpaired) electrons. The SMILES string of the molecule is CCCCCCc1c(CCC)cc2ooc2c1CCCCCC. The second-order valence-electron chi connectivity index (χ2n) is 6.86. The number of fused-ring (bicyclic) bond motifs is 1. The van der Waals surface area contributed by atoms with Gasteiger partial charge in [-0.1, -0.05) is 65.7 Å². The van der Waals surface area contributed by atoms with Gasteiger partial charge in [0.25, 0.3) is 0 Å². The Balaban J connectivity index is 2.16. The summed E-state index contributed by atoms with van der Waals surface area (Å²) in [5.41, 5.74) is 6.52. The third kappa shape index (κ3) is 4.89. The average Bonchev–Trinajstić information content (AvgIpc) is 2.53. The van der Waals surface area contributed by atoms with Gasteiger partial charge in [0.1, 0.15) is 0 Å². The minimum absolute atomic E-state index is 0.969. The van der Waals surface area contributed by atoms with Gasteiger partial charge in [-0.3, -0.25) is 9.15 Å². The van der Waals surface area contributed by atoms with E-state index >= 15 is 0 Å². The van der Waals surface area contributed by atoms with Crippen LogP contribution in [0.15, 0.2) is 15.2 Å². The van der Waals surface area contributed by atoms with Crippen molar-refractivity contribution in [2.45, 2.75) is 97.8 Å². The summed E-state index contributed by atoms with van der Waals surface area (Å²) in [5, 5.41) is 0. The van der Waals surface area contributed by atoms with Crippen molar-refractivity contribution < 1.29 is 9.15 Å². The summed E-state index contributed by atoms with van der Waals surface area (Å²) in [4.78, 5) is 0. The molecule has 0 atom stereocenters. The maximum Gasteiger partial charge on any atom is 0.229 e. The fourth-order valence-electron chi connectivity index (χ4n) is 3.52. The van der Waals surface area contributed by atoms with Crippen LogP contribution in [0.25, 0.3) is 11.2 Å². The second-order valence-corrected chi connectivity index (χ2v) is 6.86. The Kier molecular flexibility index (Phi) is 7.78. The van der Waals surface area contributed by atoms with Crippen molar-refractivity contribution in [2.24, 2.45) is 0 Å². The summed E-state index contributed by atoms with van der Waals surface area (Å²) in [6, 6.07) is 2.23.